The molecule has 1 N–H and O–H groups in total. The van der Waals surface area contributed by atoms with E-state index in [1.54, 1.807) is 20.8 Å². The number of aromatic nitrogens is 1. The predicted molar refractivity (Wildman–Crippen MR) is 112 cm³/mol. The Bertz CT molecular complexity index is 1030. The van der Waals surface area contributed by atoms with Gasteiger partial charge >= 0.3 is 6.09 Å². The fourth-order valence-electron chi connectivity index (χ4n) is 2.98. The number of amides is 1. The predicted octanol–water partition coefficient (Wildman–Crippen LogP) is 6.08. The number of hydrogen-bond acceptors (Lipinski definition) is 3. The molecule has 0 saturated carbocycles. The van der Waals surface area contributed by atoms with E-state index in [-0.39, 0.29) is 6.42 Å². The maximum atomic E-state index is 13.7. The number of benzene rings is 2. The highest BCUT2D eigenvalue weighted by Gasteiger charge is 2.24. The Morgan fingerprint density at radius 3 is 2.45 bits per heavy atom. The van der Waals surface area contributed by atoms with Crippen molar-refractivity contribution in [1.82, 2.24) is 10.3 Å². The molecule has 1 unspecified atom stereocenters. The summed E-state index contributed by atoms with van der Waals surface area (Å²) in [4.78, 5) is 17.1. The number of para-hydroxylation sites is 1. The first-order chi connectivity index (χ1) is 13.6. The molecule has 2 aromatic carbocycles. The lowest BCUT2D eigenvalue weighted by Crippen LogP contribution is -2.36. The van der Waals surface area contributed by atoms with Crippen molar-refractivity contribution in [1.29, 1.82) is 0 Å². The number of carbonyl (C=O) groups excluding carboxylic acids is 1. The summed E-state index contributed by atoms with van der Waals surface area (Å²) in [5, 5.41) is 3.71. The van der Waals surface area contributed by atoms with Gasteiger partial charge in [-0.25, -0.2) is 18.6 Å². The van der Waals surface area contributed by atoms with Crippen LogP contribution >= 0.6 is 15.9 Å². The average molecular weight is 463 g/mol. The highest BCUT2D eigenvalue weighted by Crippen LogP contribution is 2.29. The molecule has 0 fully saturated rings. The first-order valence-corrected chi connectivity index (χ1v) is 9.90. The van der Waals surface area contributed by atoms with Gasteiger partial charge in [0.15, 0.2) is 0 Å². The lowest BCUT2D eigenvalue weighted by molar-refractivity contribution is 0.0502. The second kappa shape index (κ2) is 8.45. The second-order valence-electron chi connectivity index (χ2n) is 7.73. The molecule has 0 bridgehead atoms. The van der Waals surface area contributed by atoms with Crippen LogP contribution in [0.25, 0.3) is 10.9 Å². The van der Waals surface area contributed by atoms with Crippen LogP contribution in [0.2, 0.25) is 0 Å². The molecule has 0 aliphatic carbocycles. The number of alkyl carbamates (subject to hydrolysis) is 1. The molecular formula is C22H21BrF2N2O2. The summed E-state index contributed by atoms with van der Waals surface area (Å²) in [6.07, 6.45) is -0.501. The maximum absolute atomic E-state index is 13.7. The molecule has 1 atom stereocenters. The van der Waals surface area contributed by atoms with Gasteiger partial charge in [-0.15, -0.1) is 0 Å². The van der Waals surface area contributed by atoms with Crippen molar-refractivity contribution < 1.29 is 18.3 Å². The number of nitrogens with one attached hydrogen (secondary N) is 1. The van der Waals surface area contributed by atoms with Gasteiger partial charge in [-0.05, 0) is 73.0 Å². The van der Waals surface area contributed by atoms with Gasteiger partial charge in [0.2, 0.25) is 0 Å². The second-order valence-corrected chi connectivity index (χ2v) is 8.58. The van der Waals surface area contributed by atoms with Crippen molar-refractivity contribution >= 4 is 32.9 Å². The van der Waals surface area contributed by atoms with Gasteiger partial charge in [-0.1, -0.05) is 18.2 Å². The minimum atomic E-state index is -0.687. The van der Waals surface area contributed by atoms with Crippen molar-refractivity contribution in [2.24, 2.45) is 0 Å². The summed E-state index contributed by atoms with van der Waals surface area (Å²) in [6, 6.07) is 12.1. The van der Waals surface area contributed by atoms with Gasteiger partial charge in [-0.3, -0.25) is 0 Å². The maximum Gasteiger partial charge on any atom is 0.408 e. The molecule has 0 spiro atoms. The van der Waals surface area contributed by atoms with Crippen molar-refractivity contribution in [2.45, 2.75) is 38.8 Å². The monoisotopic (exact) mass is 462 g/mol. The van der Waals surface area contributed by atoms with E-state index in [4.69, 9.17) is 4.74 Å². The molecule has 29 heavy (non-hydrogen) atoms. The van der Waals surface area contributed by atoms with E-state index in [1.165, 1.54) is 12.1 Å². The highest BCUT2D eigenvalue weighted by atomic mass is 79.9. The Morgan fingerprint density at radius 1 is 1.14 bits per heavy atom. The fourth-order valence-corrected chi connectivity index (χ4v) is 3.59. The molecule has 1 amide bonds. The smallest absolute Gasteiger partial charge is 0.408 e. The number of hydrogen-bond donors (Lipinski definition) is 1. The zero-order chi connectivity index (χ0) is 21.2. The molecule has 152 valence electrons. The van der Waals surface area contributed by atoms with E-state index >= 15 is 0 Å². The first kappa shape index (κ1) is 21.2. The molecule has 1 aromatic heterocycles. The summed E-state index contributed by atoms with van der Waals surface area (Å²) < 4.78 is 33.4. The molecule has 1 heterocycles. The van der Waals surface area contributed by atoms with Crippen molar-refractivity contribution in [2.75, 3.05) is 0 Å². The number of ether oxygens (including phenoxy) is 1. The largest absolute Gasteiger partial charge is 0.444 e. The number of rotatable bonds is 4. The standard InChI is InChI=1S/C22H21BrF2N2O2/c1-22(2,3)29-21(28)27-19(10-13-8-15(24)12-16(25)9-13)20-17(23)11-14-6-4-5-7-18(14)26-20/h4-9,11-12,19H,10H2,1-3H3,(H,27,28). The molecule has 0 aliphatic heterocycles. The Balaban J connectivity index is 2.00. The number of carbonyl (C=O) groups is 1. The Morgan fingerprint density at radius 2 is 1.79 bits per heavy atom. The normalized spacial score (nSPS) is 12.6. The van der Waals surface area contributed by atoms with Crippen molar-refractivity contribution in [3.05, 3.63) is 75.9 Å². The third-order valence-corrected chi connectivity index (χ3v) is 4.72. The SMILES string of the molecule is CC(C)(C)OC(=O)NC(Cc1cc(F)cc(F)c1)c1nc2ccccc2cc1Br. The molecule has 4 nitrogen and oxygen atoms in total. The minimum Gasteiger partial charge on any atom is -0.444 e. The van der Waals surface area contributed by atoms with Crippen LogP contribution < -0.4 is 5.32 Å². The molecule has 0 radical (unpaired) electrons. The molecule has 7 heteroatoms. The Hall–Kier alpha value is -2.54. The summed E-state index contributed by atoms with van der Waals surface area (Å²) >= 11 is 3.51. The zero-order valence-corrected chi connectivity index (χ0v) is 17.9. The van der Waals surface area contributed by atoms with Crippen molar-refractivity contribution in [3.8, 4) is 0 Å². The Labute approximate surface area is 176 Å². The number of halogens is 3. The van der Waals surface area contributed by atoms with E-state index in [9.17, 15) is 13.6 Å². The van der Waals surface area contributed by atoms with Crippen LogP contribution in [0.4, 0.5) is 13.6 Å². The van der Waals surface area contributed by atoms with Gasteiger partial charge in [0.05, 0.1) is 17.3 Å². The van der Waals surface area contributed by atoms with E-state index in [1.807, 2.05) is 30.3 Å². The van der Waals surface area contributed by atoms with Crippen LogP contribution in [0.15, 0.2) is 53.0 Å². The van der Waals surface area contributed by atoms with Gasteiger partial charge in [0, 0.05) is 15.9 Å². The first-order valence-electron chi connectivity index (χ1n) is 9.10. The van der Waals surface area contributed by atoms with Crippen LogP contribution in [0.1, 0.15) is 38.1 Å². The molecule has 3 rings (SSSR count). The van der Waals surface area contributed by atoms with Crippen molar-refractivity contribution in [3.63, 3.8) is 0 Å². The number of pyridine rings is 1. The molecule has 0 aliphatic rings. The van der Waals surface area contributed by atoms with E-state index in [0.29, 0.717) is 15.7 Å². The van der Waals surface area contributed by atoms with Gasteiger partial charge in [-0.2, -0.15) is 0 Å². The Kier molecular flexibility index (Phi) is 6.17. The van der Waals surface area contributed by atoms with Crippen LogP contribution in [0.3, 0.4) is 0 Å². The minimum absolute atomic E-state index is 0.137. The molecular weight excluding hydrogens is 442 g/mol. The van der Waals surface area contributed by atoms with Gasteiger partial charge in [0.1, 0.15) is 17.2 Å². The third kappa shape index (κ3) is 5.73. The average Bonchev–Trinajstić information content (AvgIpc) is 2.58. The highest BCUT2D eigenvalue weighted by molar-refractivity contribution is 9.10. The van der Waals surface area contributed by atoms with Crippen LogP contribution in [-0.4, -0.2) is 16.7 Å². The van der Waals surface area contributed by atoms with Crippen LogP contribution in [0, 0.1) is 11.6 Å². The van der Waals surface area contributed by atoms with E-state index in [0.717, 1.165) is 17.0 Å². The zero-order valence-electron chi connectivity index (χ0n) is 16.3. The lowest BCUT2D eigenvalue weighted by Gasteiger charge is -2.24. The van der Waals surface area contributed by atoms with Crippen LogP contribution in [-0.2, 0) is 11.2 Å². The van der Waals surface area contributed by atoms with Gasteiger partial charge in [0.25, 0.3) is 0 Å². The van der Waals surface area contributed by atoms with E-state index in [2.05, 4.69) is 26.2 Å². The molecule has 0 saturated heterocycles. The fraction of sp³-hybridized carbons (Fsp3) is 0.273. The number of nitrogens with zero attached hydrogens (tertiary/aromatic N) is 1. The number of fused-ring (bicyclic) bond motifs is 1. The third-order valence-electron chi connectivity index (χ3n) is 4.09. The van der Waals surface area contributed by atoms with E-state index < -0.39 is 29.4 Å². The topological polar surface area (TPSA) is 51.2 Å². The summed E-state index contributed by atoms with van der Waals surface area (Å²) in [6.45, 7) is 5.27. The summed E-state index contributed by atoms with van der Waals surface area (Å²) in [5.74, 6) is -1.36. The molecule has 3 aromatic rings. The van der Waals surface area contributed by atoms with Crippen LogP contribution in [0.5, 0.6) is 0 Å². The lowest BCUT2D eigenvalue weighted by atomic mass is 10.0. The quantitative estimate of drug-likeness (QED) is 0.510. The summed E-state index contributed by atoms with van der Waals surface area (Å²) in [7, 11) is 0. The summed E-state index contributed by atoms with van der Waals surface area (Å²) in [5.41, 5.74) is 0.991. The van der Waals surface area contributed by atoms with Gasteiger partial charge < -0.3 is 10.1 Å².